The van der Waals surface area contributed by atoms with E-state index in [2.05, 4.69) is 10.6 Å². The van der Waals surface area contributed by atoms with Crippen molar-refractivity contribution in [2.45, 2.75) is 67.8 Å². The lowest BCUT2D eigenvalue weighted by atomic mass is 9.72. The molecule has 2 amide bonds. The summed E-state index contributed by atoms with van der Waals surface area (Å²) in [6, 6.07) is 8.15. The second-order valence-corrected chi connectivity index (χ2v) is 13.1. The zero-order chi connectivity index (χ0) is 27.8. The second kappa shape index (κ2) is 10.9. The highest BCUT2D eigenvalue weighted by atomic mass is 35.5. The van der Waals surface area contributed by atoms with Crippen LogP contribution in [0.5, 0.6) is 0 Å². The van der Waals surface area contributed by atoms with Crippen LogP contribution in [0.3, 0.4) is 0 Å². The number of hydrogen-bond acceptors (Lipinski definition) is 6. The minimum absolute atomic E-state index is 0.00939. The summed E-state index contributed by atoms with van der Waals surface area (Å²) in [4.78, 5) is 25.1. The van der Waals surface area contributed by atoms with Crippen LogP contribution in [0.4, 0.5) is 10.1 Å². The third kappa shape index (κ3) is 5.73. The maximum Gasteiger partial charge on any atom is 0.255 e. The molecule has 2 saturated carbocycles. The number of carbonyl (C=O) groups excluding carboxylic acids is 2. The van der Waals surface area contributed by atoms with E-state index >= 15 is 0 Å². The number of rotatable bonds is 8. The molecule has 0 heterocycles. The summed E-state index contributed by atoms with van der Waals surface area (Å²) in [6.45, 7) is 3.19. The van der Waals surface area contributed by atoms with Gasteiger partial charge in [0.15, 0.2) is 9.84 Å². The molecule has 2 aromatic carbocycles. The predicted octanol–water partition coefficient (Wildman–Crippen LogP) is 3.62. The van der Waals surface area contributed by atoms with Crippen LogP contribution in [0.1, 0.15) is 54.9 Å². The Morgan fingerprint density at radius 1 is 1.16 bits per heavy atom. The summed E-state index contributed by atoms with van der Waals surface area (Å²) in [5.41, 5.74) is -0.503. The van der Waals surface area contributed by atoms with Gasteiger partial charge in [0.05, 0.1) is 33.3 Å². The molecular weight excluding hydrogens is 535 g/mol. The quantitative estimate of drug-likeness (QED) is 0.386. The van der Waals surface area contributed by atoms with Gasteiger partial charge < -0.3 is 20.8 Å². The van der Waals surface area contributed by atoms with Crippen LogP contribution >= 0.6 is 11.6 Å². The molecule has 0 spiro atoms. The zero-order valence-corrected chi connectivity index (χ0v) is 22.8. The smallest absolute Gasteiger partial charge is 0.255 e. The Hall–Kier alpha value is -2.53. The fourth-order valence-electron chi connectivity index (χ4n) is 5.70. The van der Waals surface area contributed by atoms with E-state index < -0.39 is 38.5 Å². The highest BCUT2D eigenvalue weighted by Gasteiger charge is 2.56. The summed E-state index contributed by atoms with van der Waals surface area (Å²) in [5.74, 6) is -2.12. The topological polar surface area (TPSA) is 133 Å². The Morgan fingerprint density at radius 3 is 2.42 bits per heavy atom. The van der Waals surface area contributed by atoms with Gasteiger partial charge in [-0.05, 0) is 93.3 Å². The molecule has 5 atom stereocenters. The Balaban J connectivity index is 1.51. The van der Waals surface area contributed by atoms with E-state index in [1.165, 1.54) is 36.4 Å². The number of hydrogen-bond donors (Lipinski definition) is 4. The lowest BCUT2D eigenvalue weighted by molar-refractivity contribution is -0.133. The van der Waals surface area contributed by atoms with Crippen molar-refractivity contribution in [3.8, 4) is 0 Å². The van der Waals surface area contributed by atoms with Gasteiger partial charge in [-0.25, -0.2) is 12.8 Å². The van der Waals surface area contributed by atoms with Gasteiger partial charge in [0.2, 0.25) is 5.91 Å². The molecule has 0 saturated heterocycles. The Kier molecular flexibility index (Phi) is 8.18. The average Bonchev–Trinajstić information content (AvgIpc) is 3.00. The minimum Gasteiger partial charge on any atom is -0.392 e. The van der Waals surface area contributed by atoms with Gasteiger partial charge >= 0.3 is 0 Å². The van der Waals surface area contributed by atoms with Gasteiger partial charge in [0.1, 0.15) is 5.82 Å². The maximum absolute atomic E-state index is 13.7. The summed E-state index contributed by atoms with van der Waals surface area (Å²) in [7, 11) is -3.97. The van der Waals surface area contributed by atoms with E-state index in [1.54, 1.807) is 13.8 Å². The second-order valence-electron chi connectivity index (χ2n) is 10.5. The first-order chi connectivity index (χ1) is 17.8. The molecule has 3 unspecified atom stereocenters. The third-order valence-corrected chi connectivity index (χ3v) is 10.4. The minimum atomic E-state index is -3.97. The van der Waals surface area contributed by atoms with E-state index in [4.69, 9.17) is 11.6 Å². The van der Waals surface area contributed by atoms with Crippen molar-refractivity contribution in [1.82, 2.24) is 5.32 Å². The Bertz CT molecular complexity index is 1340. The van der Waals surface area contributed by atoms with Gasteiger partial charge in [0, 0.05) is 17.8 Å². The molecule has 2 bridgehead atoms. The number of sulfone groups is 1. The fourth-order valence-corrected chi connectivity index (χ4v) is 8.10. The van der Waals surface area contributed by atoms with E-state index in [9.17, 15) is 32.6 Å². The van der Waals surface area contributed by atoms with Gasteiger partial charge in [-0.2, -0.15) is 0 Å². The molecule has 0 aromatic heterocycles. The Morgan fingerprint density at radius 2 is 1.82 bits per heavy atom. The van der Waals surface area contributed by atoms with Crippen molar-refractivity contribution in [2.75, 3.05) is 11.9 Å². The monoisotopic (exact) mass is 566 g/mol. The van der Waals surface area contributed by atoms with Crippen LogP contribution in [-0.4, -0.2) is 53.9 Å². The fraction of sp³-hybridized carbons (Fsp3) is 0.481. The first-order valence-electron chi connectivity index (χ1n) is 12.6. The van der Waals surface area contributed by atoms with Crippen molar-refractivity contribution in [1.29, 1.82) is 0 Å². The lowest BCUT2D eigenvalue weighted by Gasteiger charge is -2.42. The van der Waals surface area contributed by atoms with Crippen molar-refractivity contribution < 1.29 is 32.6 Å². The van der Waals surface area contributed by atoms with Crippen molar-refractivity contribution in [3.05, 3.63) is 58.4 Å². The summed E-state index contributed by atoms with van der Waals surface area (Å²) < 4.78 is 41.0. The number of aryl methyl sites for hydroxylation is 1. The molecule has 8 nitrogen and oxygen atoms in total. The first-order valence-corrected chi connectivity index (χ1v) is 14.5. The number of aliphatic hydroxyl groups excluding tert-OH is 1. The highest BCUT2D eigenvalue weighted by molar-refractivity contribution is 7.92. The SMILES string of the molecule is Cc1cc(NC(=O)c2ccc(Cl)c(S(=O)(=O)C3CC4CC[C@@H](C3)C4(O)CC(=O)NC[C@H](C)O)c2)ccc1F. The first kappa shape index (κ1) is 28.5. The van der Waals surface area contributed by atoms with Crippen LogP contribution in [0.25, 0.3) is 0 Å². The van der Waals surface area contributed by atoms with Crippen LogP contribution in [-0.2, 0) is 14.6 Å². The standard InChI is InChI=1S/C27H32ClFN2O6S/c1-15-9-20(6-8-23(15)29)31-26(34)17-3-7-22(28)24(10-17)38(36,37)21-11-18-4-5-19(12-21)27(18,35)13-25(33)30-14-16(2)32/h3,6-10,16,18-19,21,32,35H,4-5,11-14H2,1-2H3,(H,30,33)(H,31,34)/t16-,18-,19?,21?,27?/m0/s1. The number of anilines is 1. The molecule has 4 N–H and O–H groups in total. The number of halogens is 2. The lowest BCUT2D eigenvalue weighted by Crippen LogP contribution is -2.51. The molecule has 2 aromatic rings. The maximum atomic E-state index is 13.7. The summed E-state index contributed by atoms with van der Waals surface area (Å²) in [5, 5.41) is 25.2. The average molecular weight is 567 g/mol. The largest absolute Gasteiger partial charge is 0.392 e. The summed E-state index contributed by atoms with van der Waals surface area (Å²) in [6.07, 6.45) is 0.671. The zero-order valence-electron chi connectivity index (χ0n) is 21.2. The van der Waals surface area contributed by atoms with E-state index in [0.29, 0.717) is 24.1 Å². The molecule has 2 aliphatic carbocycles. The highest BCUT2D eigenvalue weighted by Crippen LogP contribution is 2.53. The predicted molar refractivity (Wildman–Crippen MR) is 141 cm³/mol. The molecule has 2 fully saturated rings. The number of benzene rings is 2. The number of fused-ring (bicyclic) bond motifs is 2. The summed E-state index contributed by atoms with van der Waals surface area (Å²) >= 11 is 6.30. The van der Waals surface area contributed by atoms with Crippen molar-refractivity contribution in [2.24, 2.45) is 11.8 Å². The molecule has 206 valence electrons. The number of carbonyl (C=O) groups is 2. The molecule has 0 aliphatic heterocycles. The van der Waals surface area contributed by atoms with E-state index in [1.807, 2.05) is 0 Å². The molecule has 4 rings (SSSR count). The van der Waals surface area contributed by atoms with Gasteiger partial charge in [-0.1, -0.05) is 11.6 Å². The Labute approximate surface area is 226 Å². The molecule has 0 radical (unpaired) electrons. The van der Waals surface area contributed by atoms with Crippen LogP contribution in [0, 0.1) is 24.6 Å². The number of amides is 2. The molecular formula is C27H32ClFN2O6S. The van der Waals surface area contributed by atoms with Crippen molar-refractivity contribution >= 4 is 38.9 Å². The van der Waals surface area contributed by atoms with E-state index in [-0.39, 0.29) is 59.0 Å². The van der Waals surface area contributed by atoms with Crippen molar-refractivity contribution in [3.63, 3.8) is 0 Å². The molecule has 11 heteroatoms. The van der Waals surface area contributed by atoms with Gasteiger partial charge in [0.25, 0.3) is 5.91 Å². The number of nitrogens with one attached hydrogen (secondary N) is 2. The van der Waals surface area contributed by atoms with E-state index in [0.717, 1.165) is 0 Å². The van der Waals surface area contributed by atoms with Gasteiger partial charge in [-0.3, -0.25) is 9.59 Å². The van der Waals surface area contributed by atoms with Crippen LogP contribution in [0.15, 0.2) is 41.3 Å². The normalized spacial score (nSPS) is 25.6. The molecule has 38 heavy (non-hydrogen) atoms. The van der Waals surface area contributed by atoms with Gasteiger partial charge in [-0.15, -0.1) is 0 Å². The third-order valence-electron chi connectivity index (χ3n) is 7.77. The van der Waals surface area contributed by atoms with Crippen LogP contribution in [0.2, 0.25) is 5.02 Å². The van der Waals surface area contributed by atoms with Crippen LogP contribution < -0.4 is 10.6 Å². The molecule has 2 aliphatic rings. The number of aliphatic hydroxyl groups is 2.